The second-order valence-electron chi connectivity index (χ2n) is 3.78. The maximum absolute atomic E-state index is 10.9. The third-order valence-electron chi connectivity index (χ3n) is 1.72. The molecule has 120 valence electrons. The van der Waals surface area contributed by atoms with Crippen LogP contribution >= 0.6 is 7.82 Å². The highest BCUT2D eigenvalue weighted by Gasteiger charge is 2.29. The lowest BCUT2D eigenvalue weighted by atomic mass is 10.1. The molecule has 0 aliphatic heterocycles. The number of aliphatic hydroxyl groups is 4. The number of aldehydes is 1. The van der Waals surface area contributed by atoms with Crippen molar-refractivity contribution in [3.63, 3.8) is 0 Å². The zero-order chi connectivity index (χ0) is 16.5. The van der Waals surface area contributed by atoms with Crippen molar-refractivity contribution in [2.75, 3.05) is 6.61 Å². The molecular formula is C9H19O10P. The molecule has 0 radical (unpaired) electrons. The lowest BCUT2D eigenvalue weighted by Gasteiger charge is -2.18. The quantitative estimate of drug-likeness (QED) is 0.214. The summed E-state index contributed by atoms with van der Waals surface area (Å²) in [6, 6.07) is 0. The van der Waals surface area contributed by atoms with E-state index in [1.54, 1.807) is 0 Å². The van der Waals surface area contributed by atoms with Crippen LogP contribution in [0.1, 0.15) is 13.8 Å². The Balaban J connectivity index is 0. The molecule has 0 aliphatic rings. The van der Waals surface area contributed by atoms with Gasteiger partial charge >= 0.3 is 7.82 Å². The van der Waals surface area contributed by atoms with Crippen LogP contribution in [0, 0.1) is 0 Å². The lowest BCUT2D eigenvalue weighted by molar-refractivity contribution is -0.140. The fraction of sp³-hybridized carbons (Fsp3) is 0.778. The molecule has 0 unspecified atom stereocenters. The first kappa shape index (κ1) is 21.6. The number of hydrogen-bond donors (Lipinski definition) is 6. The Morgan fingerprint density at radius 1 is 1.20 bits per heavy atom. The summed E-state index contributed by atoms with van der Waals surface area (Å²) in [7, 11) is -4.79. The number of phosphoric acid groups is 1. The summed E-state index contributed by atoms with van der Waals surface area (Å²) in [5.41, 5.74) is 0. The molecule has 0 amide bonds. The number of carbonyl (C=O) groups is 2. The van der Waals surface area contributed by atoms with Gasteiger partial charge in [0.2, 0.25) is 0 Å². The summed E-state index contributed by atoms with van der Waals surface area (Å²) in [5.74, 6) is -1.13. The van der Waals surface area contributed by atoms with Crippen LogP contribution in [-0.4, -0.2) is 73.3 Å². The molecule has 0 fully saturated rings. The van der Waals surface area contributed by atoms with Crippen molar-refractivity contribution in [3.8, 4) is 0 Å². The van der Waals surface area contributed by atoms with E-state index in [-0.39, 0.29) is 0 Å². The molecule has 11 heteroatoms. The maximum atomic E-state index is 10.9. The number of Topliss-reactive ketones (excluding diaryl/α,β-unsaturated/α-hetero) is 1. The largest absolute Gasteiger partial charge is 0.470 e. The van der Waals surface area contributed by atoms with E-state index in [2.05, 4.69) is 4.52 Å². The Morgan fingerprint density at radius 2 is 1.60 bits per heavy atom. The first-order chi connectivity index (χ1) is 8.92. The summed E-state index contributed by atoms with van der Waals surface area (Å²) in [6.07, 6.45) is -5.34. The molecule has 0 rings (SSSR count). The van der Waals surface area contributed by atoms with Gasteiger partial charge < -0.3 is 35.0 Å². The summed E-state index contributed by atoms with van der Waals surface area (Å²) >= 11 is 0. The highest BCUT2D eigenvalue weighted by molar-refractivity contribution is 7.46. The van der Waals surface area contributed by atoms with Gasteiger partial charge in [-0.1, -0.05) is 0 Å². The van der Waals surface area contributed by atoms with Crippen LogP contribution in [0.3, 0.4) is 0 Å². The van der Waals surface area contributed by atoms with Crippen molar-refractivity contribution < 1.29 is 48.9 Å². The van der Waals surface area contributed by atoms with Gasteiger partial charge in [0.25, 0.3) is 0 Å². The van der Waals surface area contributed by atoms with Gasteiger partial charge in [0.15, 0.2) is 5.78 Å². The molecule has 0 aromatic carbocycles. The smallest absolute Gasteiger partial charge is 0.391 e. The predicted molar refractivity (Wildman–Crippen MR) is 64.4 cm³/mol. The zero-order valence-electron chi connectivity index (χ0n) is 10.9. The van der Waals surface area contributed by atoms with Crippen LogP contribution in [0.2, 0.25) is 0 Å². The minimum atomic E-state index is -4.79. The third-order valence-corrected chi connectivity index (χ3v) is 2.19. The molecular weight excluding hydrogens is 299 g/mol. The van der Waals surface area contributed by atoms with E-state index in [0.717, 1.165) is 6.92 Å². The lowest BCUT2D eigenvalue weighted by Crippen LogP contribution is -2.42. The Bertz CT molecular complexity index is 336. The normalized spacial score (nSPS) is 17.2. The molecule has 0 aliphatic carbocycles. The molecule has 10 nitrogen and oxygen atoms in total. The van der Waals surface area contributed by atoms with E-state index in [1.807, 2.05) is 0 Å². The number of carbonyl (C=O) groups excluding carboxylic acids is 2. The van der Waals surface area contributed by atoms with Crippen molar-refractivity contribution in [1.29, 1.82) is 0 Å². The Morgan fingerprint density at radius 3 is 1.85 bits per heavy atom. The fourth-order valence-electron chi connectivity index (χ4n) is 0.687. The number of rotatable bonds is 7. The molecule has 20 heavy (non-hydrogen) atoms. The molecule has 6 N–H and O–H groups in total. The van der Waals surface area contributed by atoms with Crippen LogP contribution in [0.25, 0.3) is 0 Å². The molecule has 0 aromatic heterocycles. The minimum Gasteiger partial charge on any atom is -0.391 e. The van der Waals surface area contributed by atoms with Gasteiger partial charge in [0.1, 0.15) is 31.2 Å². The van der Waals surface area contributed by atoms with Crippen molar-refractivity contribution in [2.45, 2.75) is 38.3 Å². The van der Waals surface area contributed by atoms with Gasteiger partial charge in [0, 0.05) is 0 Å². The van der Waals surface area contributed by atoms with Crippen molar-refractivity contribution in [3.05, 3.63) is 0 Å². The van der Waals surface area contributed by atoms with Crippen molar-refractivity contribution in [1.82, 2.24) is 0 Å². The number of ketones is 1. The highest BCUT2D eigenvalue weighted by atomic mass is 31.2. The van der Waals surface area contributed by atoms with Crippen LogP contribution < -0.4 is 0 Å². The molecule has 0 aromatic rings. The maximum Gasteiger partial charge on any atom is 0.470 e. The molecule has 0 bridgehead atoms. The monoisotopic (exact) mass is 318 g/mol. The van der Waals surface area contributed by atoms with E-state index in [1.165, 1.54) is 6.92 Å². The van der Waals surface area contributed by atoms with E-state index >= 15 is 0 Å². The minimum absolute atomic E-state index is 0.472. The van der Waals surface area contributed by atoms with Crippen LogP contribution in [0.5, 0.6) is 0 Å². The molecule has 0 heterocycles. The summed E-state index contributed by atoms with van der Waals surface area (Å²) in [4.78, 5) is 36.7. The first-order valence-corrected chi connectivity index (χ1v) is 6.85. The SMILES string of the molecule is C[C@H](O)C=O.C[C@H](O)[C@@H](O)[C@@H](O)C(=O)COP(=O)(O)O. The highest BCUT2D eigenvalue weighted by Crippen LogP contribution is 2.35. The van der Waals surface area contributed by atoms with E-state index in [4.69, 9.17) is 30.2 Å². The fourth-order valence-corrected chi connectivity index (χ4v) is 0.983. The molecule has 0 saturated carbocycles. The van der Waals surface area contributed by atoms with E-state index in [9.17, 15) is 14.2 Å². The summed E-state index contributed by atoms with van der Waals surface area (Å²) in [6.45, 7) is 1.51. The van der Waals surface area contributed by atoms with Gasteiger partial charge in [-0.05, 0) is 13.8 Å². The van der Waals surface area contributed by atoms with Crippen molar-refractivity contribution >= 4 is 19.9 Å². The number of aliphatic hydroxyl groups excluding tert-OH is 4. The van der Waals surface area contributed by atoms with Gasteiger partial charge in [-0.25, -0.2) is 4.57 Å². The predicted octanol–water partition coefficient (Wildman–Crippen LogP) is -2.67. The van der Waals surface area contributed by atoms with Crippen LogP contribution in [0.4, 0.5) is 0 Å². The van der Waals surface area contributed by atoms with Gasteiger partial charge in [0.05, 0.1) is 6.10 Å². The standard InChI is InChI=1S/C6H13O8P.C3H6O2/c1-3(7)5(9)6(10)4(8)2-14-15(11,12)13;1-3(5)2-4/h3,5-7,9-10H,2H2,1H3,(H2,11,12,13);2-3,5H,1H3/t3-,5+,6-;3-/m00/s1. The Hall–Kier alpha value is -0.710. The Kier molecular flexibility index (Phi) is 10.9. The molecule has 0 saturated heterocycles. The van der Waals surface area contributed by atoms with Gasteiger partial charge in [-0.3, -0.25) is 9.32 Å². The van der Waals surface area contributed by atoms with E-state index < -0.39 is 44.6 Å². The summed E-state index contributed by atoms with van der Waals surface area (Å²) < 4.78 is 14.0. The number of phosphoric ester groups is 1. The topological polar surface area (TPSA) is 182 Å². The van der Waals surface area contributed by atoms with Crippen molar-refractivity contribution in [2.24, 2.45) is 0 Å². The molecule has 0 spiro atoms. The Labute approximate surface area is 114 Å². The van der Waals surface area contributed by atoms with Gasteiger partial charge in [-0.15, -0.1) is 0 Å². The van der Waals surface area contributed by atoms with Gasteiger partial charge in [-0.2, -0.15) is 0 Å². The average Bonchev–Trinajstić information content (AvgIpc) is 2.33. The average molecular weight is 318 g/mol. The second-order valence-corrected chi connectivity index (χ2v) is 5.02. The third kappa shape index (κ3) is 12.3. The van der Waals surface area contributed by atoms with E-state index in [0.29, 0.717) is 6.29 Å². The first-order valence-electron chi connectivity index (χ1n) is 5.32. The zero-order valence-corrected chi connectivity index (χ0v) is 11.8. The van der Waals surface area contributed by atoms with Crippen LogP contribution in [-0.2, 0) is 18.7 Å². The molecule has 4 atom stereocenters. The summed E-state index contributed by atoms with van der Waals surface area (Å²) in [5, 5.41) is 34.9. The number of hydrogen-bond acceptors (Lipinski definition) is 8. The van der Waals surface area contributed by atoms with Crippen LogP contribution in [0.15, 0.2) is 0 Å². The second kappa shape index (κ2) is 10.1.